The number of carbonyl (C=O) groups is 1. The summed E-state index contributed by atoms with van der Waals surface area (Å²) in [5.41, 5.74) is -2.40. The smallest absolute Gasteiger partial charge is 0.342 e. The monoisotopic (exact) mass is 286 g/mol. The molecule has 0 aliphatic heterocycles. The summed E-state index contributed by atoms with van der Waals surface area (Å²) in [7, 11) is 1.46. The van der Waals surface area contributed by atoms with Crippen LogP contribution in [0.1, 0.15) is 24.2 Å². The number of hydrogen-bond donors (Lipinski definition) is 2. The molecule has 0 spiro atoms. The second-order valence-corrected chi connectivity index (χ2v) is 4.91. The quantitative estimate of drug-likeness (QED) is 0.630. The highest BCUT2D eigenvalue weighted by Gasteiger charge is 2.29. The first-order valence-electron chi connectivity index (χ1n) is 5.67. The highest BCUT2D eigenvalue weighted by atomic mass is 19.1. The Hall–Kier alpha value is -2.22. The molecular formula is C12H15FN2O5. The van der Waals surface area contributed by atoms with Gasteiger partial charge in [0.05, 0.1) is 28.8 Å². The van der Waals surface area contributed by atoms with Crippen LogP contribution < -0.4 is 4.90 Å². The average Bonchev–Trinajstić information content (AvgIpc) is 2.37. The molecule has 0 radical (unpaired) electrons. The normalized spacial score (nSPS) is 11.2. The lowest BCUT2D eigenvalue weighted by molar-refractivity contribution is -0.385. The first-order chi connectivity index (χ1) is 9.11. The Labute approximate surface area is 114 Å². The molecule has 20 heavy (non-hydrogen) atoms. The maximum Gasteiger partial charge on any atom is 0.342 e. The van der Waals surface area contributed by atoms with Gasteiger partial charge in [-0.1, -0.05) is 0 Å². The Bertz CT molecular complexity index is 559. The molecule has 110 valence electrons. The second-order valence-electron chi connectivity index (χ2n) is 4.91. The maximum atomic E-state index is 14.0. The van der Waals surface area contributed by atoms with Gasteiger partial charge < -0.3 is 15.1 Å². The number of likely N-dealkylation sites (N-methyl/N-ethyl adjacent to an activating group) is 1. The van der Waals surface area contributed by atoms with Crippen LogP contribution in [0.5, 0.6) is 0 Å². The standard InChI is InChI=1S/C12H15FN2O5/c1-12(2,6-16)14(3)10-4-7(11(17)18)9(15(19)20)5-8(10)13/h4-5,16H,6H2,1-3H3,(H,17,18). The molecule has 0 unspecified atom stereocenters. The van der Waals surface area contributed by atoms with E-state index < -0.39 is 33.5 Å². The fourth-order valence-corrected chi connectivity index (χ4v) is 1.56. The van der Waals surface area contributed by atoms with Crippen LogP contribution >= 0.6 is 0 Å². The largest absolute Gasteiger partial charge is 0.477 e. The third-order valence-electron chi connectivity index (χ3n) is 3.15. The lowest BCUT2D eigenvalue weighted by Crippen LogP contribution is -2.44. The summed E-state index contributed by atoms with van der Waals surface area (Å²) >= 11 is 0. The van der Waals surface area contributed by atoms with Crippen LogP contribution in [-0.2, 0) is 0 Å². The summed E-state index contributed by atoms with van der Waals surface area (Å²) in [6, 6.07) is 1.47. The predicted molar refractivity (Wildman–Crippen MR) is 69.6 cm³/mol. The van der Waals surface area contributed by atoms with Crippen molar-refractivity contribution < 1.29 is 24.3 Å². The van der Waals surface area contributed by atoms with Crippen LogP contribution in [0.3, 0.4) is 0 Å². The molecule has 1 rings (SSSR count). The van der Waals surface area contributed by atoms with Crippen LogP contribution in [0, 0.1) is 15.9 Å². The Morgan fingerprint density at radius 2 is 2.05 bits per heavy atom. The van der Waals surface area contributed by atoms with Gasteiger partial charge in [-0.05, 0) is 19.9 Å². The molecule has 0 atom stereocenters. The van der Waals surface area contributed by atoms with Gasteiger partial charge in [0.2, 0.25) is 0 Å². The van der Waals surface area contributed by atoms with Crippen LogP contribution in [0.15, 0.2) is 12.1 Å². The number of benzene rings is 1. The van der Waals surface area contributed by atoms with Gasteiger partial charge in [-0.15, -0.1) is 0 Å². The third kappa shape index (κ3) is 2.85. The first kappa shape index (κ1) is 15.8. The van der Waals surface area contributed by atoms with Crippen molar-refractivity contribution in [1.82, 2.24) is 0 Å². The number of nitrogens with zero attached hydrogens (tertiary/aromatic N) is 2. The van der Waals surface area contributed by atoms with E-state index in [1.54, 1.807) is 13.8 Å². The van der Waals surface area contributed by atoms with E-state index in [2.05, 4.69) is 0 Å². The van der Waals surface area contributed by atoms with Crippen molar-refractivity contribution in [3.63, 3.8) is 0 Å². The molecule has 0 aliphatic rings. The summed E-state index contributed by atoms with van der Waals surface area (Å²) in [6.45, 7) is 2.94. The van der Waals surface area contributed by atoms with E-state index in [9.17, 15) is 24.4 Å². The van der Waals surface area contributed by atoms with E-state index in [1.807, 2.05) is 0 Å². The molecule has 0 fully saturated rings. The summed E-state index contributed by atoms with van der Waals surface area (Å²) in [5, 5.41) is 29.0. The van der Waals surface area contributed by atoms with Crippen molar-refractivity contribution >= 4 is 17.3 Å². The SMILES string of the molecule is CN(c1cc(C(=O)O)c([N+](=O)[O-])cc1F)C(C)(C)CO. The number of anilines is 1. The third-order valence-corrected chi connectivity index (χ3v) is 3.15. The van der Waals surface area contributed by atoms with Crippen molar-refractivity contribution in [2.45, 2.75) is 19.4 Å². The number of halogens is 1. The number of aliphatic hydroxyl groups excluding tert-OH is 1. The van der Waals surface area contributed by atoms with Gasteiger partial charge in [0, 0.05) is 7.05 Å². The summed E-state index contributed by atoms with van der Waals surface area (Å²) in [4.78, 5) is 22.2. The van der Waals surface area contributed by atoms with Gasteiger partial charge in [-0.3, -0.25) is 10.1 Å². The predicted octanol–water partition coefficient (Wildman–Crippen LogP) is 1.64. The fourth-order valence-electron chi connectivity index (χ4n) is 1.56. The Kier molecular flexibility index (Phi) is 4.29. The number of carboxylic acid groups (broad SMARTS) is 1. The molecule has 1 aromatic rings. The minimum atomic E-state index is -1.52. The van der Waals surface area contributed by atoms with Gasteiger partial charge in [0.25, 0.3) is 5.69 Å². The molecule has 2 N–H and O–H groups in total. The molecule has 0 amide bonds. The van der Waals surface area contributed by atoms with Crippen molar-refractivity contribution in [3.05, 3.63) is 33.6 Å². The lowest BCUT2D eigenvalue weighted by atomic mass is 10.0. The number of aromatic carboxylic acids is 1. The van der Waals surface area contributed by atoms with Gasteiger partial charge in [0.15, 0.2) is 5.82 Å². The molecule has 0 saturated heterocycles. The van der Waals surface area contributed by atoms with E-state index in [0.717, 1.165) is 6.07 Å². The molecule has 0 heterocycles. The minimum absolute atomic E-state index is 0.132. The van der Waals surface area contributed by atoms with Gasteiger partial charge in [0.1, 0.15) is 5.56 Å². The van der Waals surface area contributed by atoms with Crippen LogP contribution in [0.25, 0.3) is 0 Å². The zero-order valence-electron chi connectivity index (χ0n) is 11.3. The molecule has 1 aromatic carbocycles. The summed E-state index contributed by atoms with van der Waals surface area (Å²) < 4.78 is 14.0. The van der Waals surface area contributed by atoms with Crippen LogP contribution in [0.4, 0.5) is 15.8 Å². The van der Waals surface area contributed by atoms with Gasteiger partial charge in [-0.2, -0.15) is 0 Å². The molecule has 0 saturated carbocycles. The molecule has 8 heteroatoms. The van der Waals surface area contributed by atoms with E-state index in [0.29, 0.717) is 6.07 Å². The number of aliphatic hydroxyl groups is 1. The molecular weight excluding hydrogens is 271 g/mol. The van der Waals surface area contributed by atoms with E-state index in [4.69, 9.17) is 5.11 Å². The lowest BCUT2D eigenvalue weighted by Gasteiger charge is -2.36. The molecule has 0 aliphatic carbocycles. The van der Waals surface area contributed by atoms with E-state index in [-0.39, 0.29) is 12.3 Å². The Morgan fingerprint density at radius 3 is 2.45 bits per heavy atom. The average molecular weight is 286 g/mol. The van der Waals surface area contributed by atoms with Gasteiger partial charge >= 0.3 is 5.97 Å². The number of rotatable bonds is 5. The van der Waals surface area contributed by atoms with E-state index in [1.165, 1.54) is 11.9 Å². The number of hydrogen-bond acceptors (Lipinski definition) is 5. The van der Waals surface area contributed by atoms with E-state index >= 15 is 0 Å². The summed E-state index contributed by atoms with van der Waals surface area (Å²) in [5.74, 6) is -2.45. The Balaban J connectivity index is 3.47. The summed E-state index contributed by atoms with van der Waals surface area (Å²) in [6.07, 6.45) is 0. The maximum absolute atomic E-state index is 14.0. The second kappa shape index (κ2) is 5.41. The number of carboxylic acids is 1. The fraction of sp³-hybridized carbons (Fsp3) is 0.417. The Morgan fingerprint density at radius 1 is 1.50 bits per heavy atom. The zero-order chi connectivity index (χ0) is 15.7. The molecule has 7 nitrogen and oxygen atoms in total. The number of nitro benzene ring substituents is 1. The van der Waals surface area contributed by atoms with Crippen molar-refractivity contribution in [3.8, 4) is 0 Å². The van der Waals surface area contributed by atoms with Gasteiger partial charge in [-0.25, -0.2) is 9.18 Å². The van der Waals surface area contributed by atoms with Crippen LogP contribution in [-0.4, -0.2) is 40.3 Å². The van der Waals surface area contributed by atoms with Crippen molar-refractivity contribution in [2.75, 3.05) is 18.6 Å². The molecule has 0 aromatic heterocycles. The number of nitro groups is 1. The van der Waals surface area contributed by atoms with Crippen molar-refractivity contribution in [1.29, 1.82) is 0 Å². The topological polar surface area (TPSA) is 104 Å². The molecule has 0 bridgehead atoms. The zero-order valence-corrected chi connectivity index (χ0v) is 11.3. The van der Waals surface area contributed by atoms with Crippen LogP contribution in [0.2, 0.25) is 0 Å². The van der Waals surface area contributed by atoms with Crippen molar-refractivity contribution in [2.24, 2.45) is 0 Å². The first-order valence-corrected chi connectivity index (χ1v) is 5.67. The minimum Gasteiger partial charge on any atom is -0.477 e. The highest BCUT2D eigenvalue weighted by molar-refractivity contribution is 5.93. The highest BCUT2D eigenvalue weighted by Crippen LogP contribution is 2.31.